The molecule has 0 unspecified atom stereocenters. The van der Waals surface area contributed by atoms with Gasteiger partial charge in [-0.3, -0.25) is 9.48 Å². The van der Waals surface area contributed by atoms with Crippen LogP contribution in [-0.2, 0) is 16.1 Å². The Hall–Kier alpha value is -3.42. The highest BCUT2D eigenvalue weighted by atomic mass is 19.1. The summed E-state index contributed by atoms with van der Waals surface area (Å²) in [7, 11) is 1.26. The number of nitrogens with one attached hydrogen (secondary N) is 1. The van der Waals surface area contributed by atoms with Crippen LogP contribution in [0.2, 0.25) is 0 Å². The summed E-state index contributed by atoms with van der Waals surface area (Å²) in [6, 6.07) is 9.87. The van der Waals surface area contributed by atoms with Crippen LogP contribution in [0.4, 0.5) is 4.39 Å². The van der Waals surface area contributed by atoms with E-state index >= 15 is 0 Å². The van der Waals surface area contributed by atoms with Crippen LogP contribution in [0.1, 0.15) is 36.8 Å². The van der Waals surface area contributed by atoms with E-state index in [1.165, 1.54) is 25.3 Å². The molecule has 0 bridgehead atoms. The number of aromatic hydroxyl groups is 1. The van der Waals surface area contributed by atoms with Gasteiger partial charge in [0.1, 0.15) is 17.6 Å². The van der Waals surface area contributed by atoms with Gasteiger partial charge in [0, 0.05) is 0 Å². The summed E-state index contributed by atoms with van der Waals surface area (Å²) in [6.45, 7) is 5.68. The summed E-state index contributed by atoms with van der Waals surface area (Å²) < 4.78 is 19.6. The Morgan fingerprint density at radius 1 is 1.20 bits per heavy atom. The molecule has 0 aliphatic rings. The lowest BCUT2D eigenvalue weighted by Gasteiger charge is -2.28. The van der Waals surface area contributed by atoms with Crippen molar-refractivity contribution in [1.29, 1.82) is 0 Å². The van der Waals surface area contributed by atoms with Gasteiger partial charge in [-0.1, -0.05) is 39.0 Å². The number of benzene rings is 2. The third-order valence-corrected chi connectivity index (χ3v) is 4.80. The molecule has 1 amide bonds. The number of carbonyl (C=O) groups is 2. The molecule has 8 heteroatoms. The Balaban J connectivity index is 2.02. The summed E-state index contributed by atoms with van der Waals surface area (Å²) >= 11 is 0. The number of rotatable bonds is 5. The van der Waals surface area contributed by atoms with Crippen molar-refractivity contribution in [1.82, 2.24) is 15.1 Å². The second kappa shape index (κ2) is 8.14. The fraction of sp³-hybridized carbons (Fsp3) is 0.318. The number of fused-ring (bicyclic) bond motifs is 1. The minimum absolute atomic E-state index is 0.0108. The first-order valence-electron chi connectivity index (χ1n) is 9.43. The Bertz CT molecular complexity index is 1080. The first kappa shape index (κ1) is 21.3. The predicted octanol–water partition coefficient (Wildman–Crippen LogP) is 3.25. The second-order valence-corrected chi connectivity index (χ2v) is 8.10. The highest BCUT2D eigenvalue weighted by Crippen LogP contribution is 2.29. The maximum atomic E-state index is 13.2. The molecule has 1 aromatic heterocycles. The van der Waals surface area contributed by atoms with Crippen LogP contribution in [-0.4, -0.2) is 39.9 Å². The number of methoxy groups -OCH3 is 1. The zero-order chi connectivity index (χ0) is 22.1. The van der Waals surface area contributed by atoms with E-state index in [0.717, 1.165) is 5.56 Å². The number of nitrogens with zero attached hydrogens (tertiary/aromatic N) is 2. The Morgan fingerprint density at radius 2 is 1.87 bits per heavy atom. The number of phenols is 1. The molecule has 2 aromatic carbocycles. The first-order valence-corrected chi connectivity index (χ1v) is 9.43. The largest absolute Gasteiger partial charge is 0.507 e. The standard InChI is InChI=1S/C22H24FN3O4/c1-22(2,3)19(21(29)30-4)24-20(28)18-17-15(6-5-7-16(17)27)26(25-18)12-13-8-10-14(23)11-9-13/h5-11,19,27H,12H2,1-4H3,(H,24,28)/t19-/m1/s1. The molecule has 0 saturated heterocycles. The lowest BCUT2D eigenvalue weighted by Crippen LogP contribution is -2.49. The zero-order valence-corrected chi connectivity index (χ0v) is 17.3. The molecule has 3 rings (SSSR count). The zero-order valence-electron chi connectivity index (χ0n) is 17.3. The van der Waals surface area contributed by atoms with Crippen LogP contribution >= 0.6 is 0 Å². The molecule has 1 heterocycles. The maximum Gasteiger partial charge on any atom is 0.328 e. The SMILES string of the molecule is COC(=O)[C@@H](NC(=O)c1nn(Cc2ccc(F)cc2)c2cccc(O)c12)C(C)(C)C. The predicted molar refractivity (Wildman–Crippen MR) is 110 cm³/mol. The fourth-order valence-corrected chi connectivity index (χ4v) is 3.20. The molecular formula is C22H24FN3O4. The van der Waals surface area contributed by atoms with Gasteiger partial charge in [0.15, 0.2) is 5.69 Å². The minimum Gasteiger partial charge on any atom is -0.507 e. The molecule has 3 aromatic rings. The molecule has 0 fully saturated rings. The third-order valence-electron chi connectivity index (χ3n) is 4.80. The number of ether oxygens (including phenoxy) is 1. The van der Waals surface area contributed by atoms with Crippen molar-refractivity contribution in [2.45, 2.75) is 33.4 Å². The van der Waals surface area contributed by atoms with E-state index in [1.807, 2.05) is 0 Å². The monoisotopic (exact) mass is 413 g/mol. The molecule has 0 radical (unpaired) electrons. The molecule has 2 N–H and O–H groups in total. The van der Waals surface area contributed by atoms with Crippen LogP contribution < -0.4 is 5.32 Å². The van der Waals surface area contributed by atoms with E-state index in [-0.39, 0.29) is 29.2 Å². The number of halogens is 1. The van der Waals surface area contributed by atoms with Crippen molar-refractivity contribution in [3.63, 3.8) is 0 Å². The lowest BCUT2D eigenvalue weighted by molar-refractivity contribution is -0.145. The van der Waals surface area contributed by atoms with Gasteiger partial charge < -0.3 is 15.2 Å². The van der Waals surface area contributed by atoms with Gasteiger partial charge in [0.05, 0.1) is 24.6 Å². The fourth-order valence-electron chi connectivity index (χ4n) is 3.20. The topological polar surface area (TPSA) is 93.5 Å². The smallest absolute Gasteiger partial charge is 0.328 e. The van der Waals surface area contributed by atoms with Gasteiger partial charge in [0.2, 0.25) is 0 Å². The number of phenolic OH excluding ortho intramolecular Hbond substituents is 1. The van der Waals surface area contributed by atoms with Crippen molar-refractivity contribution in [2.75, 3.05) is 7.11 Å². The van der Waals surface area contributed by atoms with Gasteiger partial charge in [-0.15, -0.1) is 0 Å². The number of esters is 1. The molecule has 7 nitrogen and oxygen atoms in total. The molecule has 0 saturated carbocycles. The lowest BCUT2D eigenvalue weighted by atomic mass is 9.86. The molecule has 0 spiro atoms. The van der Waals surface area contributed by atoms with E-state index in [0.29, 0.717) is 5.52 Å². The van der Waals surface area contributed by atoms with E-state index in [4.69, 9.17) is 4.74 Å². The summed E-state index contributed by atoms with van der Waals surface area (Å²) in [5.74, 6) is -1.63. The number of aromatic nitrogens is 2. The second-order valence-electron chi connectivity index (χ2n) is 8.10. The summed E-state index contributed by atoms with van der Waals surface area (Å²) in [4.78, 5) is 25.2. The van der Waals surface area contributed by atoms with Crippen molar-refractivity contribution >= 4 is 22.8 Å². The minimum atomic E-state index is -0.904. The maximum absolute atomic E-state index is 13.2. The van der Waals surface area contributed by atoms with E-state index in [2.05, 4.69) is 10.4 Å². The van der Waals surface area contributed by atoms with Crippen molar-refractivity contribution in [3.8, 4) is 5.75 Å². The molecule has 1 atom stereocenters. The molecule has 30 heavy (non-hydrogen) atoms. The van der Waals surface area contributed by atoms with Crippen molar-refractivity contribution in [3.05, 3.63) is 59.5 Å². The Kier molecular flexibility index (Phi) is 5.78. The van der Waals surface area contributed by atoms with Crippen LogP contribution in [0.3, 0.4) is 0 Å². The molecule has 158 valence electrons. The summed E-state index contributed by atoms with van der Waals surface area (Å²) in [6.07, 6.45) is 0. The number of amides is 1. The molecule has 0 aliphatic carbocycles. The average Bonchev–Trinajstić information content (AvgIpc) is 3.06. The quantitative estimate of drug-likeness (QED) is 0.627. The third kappa shape index (κ3) is 4.27. The highest BCUT2D eigenvalue weighted by molar-refractivity contribution is 6.08. The van der Waals surface area contributed by atoms with E-state index in [9.17, 15) is 19.1 Å². The van der Waals surface area contributed by atoms with Crippen molar-refractivity contribution in [2.24, 2.45) is 5.41 Å². The molecule has 0 aliphatic heterocycles. The molecular weight excluding hydrogens is 389 g/mol. The summed E-state index contributed by atoms with van der Waals surface area (Å²) in [5, 5.41) is 17.7. The van der Waals surface area contributed by atoms with Gasteiger partial charge in [0.25, 0.3) is 5.91 Å². The summed E-state index contributed by atoms with van der Waals surface area (Å²) in [5.41, 5.74) is 0.702. The average molecular weight is 413 g/mol. The van der Waals surface area contributed by atoms with Gasteiger partial charge >= 0.3 is 5.97 Å². The van der Waals surface area contributed by atoms with E-state index in [1.54, 1.807) is 49.7 Å². The van der Waals surface area contributed by atoms with Crippen LogP contribution in [0.15, 0.2) is 42.5 Å². The van der Waals surface area contributed by atoms with Crippen molar-refractivity contribution < 1.29 is 23.8 Å². The highest BCUT2D eigenvalue weighted by Gasteiger charge is 2.35. The number of carbonyl (C=O) groups excluding carboxylic acids is 2. The normalized spacial score (nSPS) is 12.6. The Labute approximate surface area is 173 Å². The first-order chi connectivity index (χ1) is 14.1. The van der Waals surface area contributed by atoms with Gasteiger partial charge in [-0.25, -0.2) is 9.18 Å². The Morgan fingerprint density at radius 3 is 2.47 bits per heavy atom. The van der Waals surface area contributed by atoms with Crippen LogP contribution in [0, 0.1) is 11.2 Å². The number of hydrogen-bond donors (Lipinski definition) is 2. The van der Waals surface area contributed by atoms with E-state index < -0.39 is 23.3 Å². The number of hydrogen-bond acceptors (Lipinski definition) is 5. The van der Waals surface area contributed by atoms with Gasteiger partial charge in [-0.05, 0) is 35.2 Å². The van der Waals surface area contributed by atoms with Crippen LogP contribution in [0.5, 0.6) is 5.75 Å². The van der Waals surface area contributed by atoms with Crippen LogP contribution in [0.25, 0.3) is 10.9 Å². The van der Waals surface area contributed by atoms with Gasteiger partial charge in [-0.2, -0.15) is 5.10 Å².